The van der Waals surface area contributed by atoms with Crippen LogP contribution in [0.3, 0.4) is 0 Å². The second kappa shape index (κ2) is 6.32. The average molecular weight is 304 g/mol. The van der Waals surface area contributed by atoms with E-state index in [1.54, 1.807) is 11.3 Å². The summed E-state index contributed by atoms with van der Waals surface area (Å²) in [5.41, 5.74) is 1.45. The molecule has 3 heterocycles. The molecule has 0 N–H and O–H groups in total. The van der Waals surface area contributed by atoms with Gasteiger partial charge in [-0.1, -0.05) is 6.08 Å². The number of hydrogen-bond acceptors (Lipinski definition) is 3. The molecule has 0 aliphatic carbocycles. The lowest BCUT2D eigenvalue weighted by Gasteiger charge is -2.52. The number of thiophene rings is 1. The minimum Gasteiger partial charge on any atom is -0.332 e. The molecule has 4 heteroatoms. The van der Waals surface area contributed by atoms with Gasteiger partial charge in [-0.3, -0.25) is 9.69 Å². The van der Waals surface area contributed by atoms with E-state index in [1.807, 2.05) is 6.08 Å². The molecule has 0 bridgehead atoms. The fourth-order valence-corrected chi connectivity index (χ4v) is 4.59. The molecule has 21 heavy (non-hydrogen) atoms. The molecule has 0 saturated carbocycles. The smallest absolute Gasteiger partial charge is 0.223 e. The zero-order chi connectivity index (χ0) is 14.7. The number of hydrogen-bond donors (Lipinski definition) is 0. The number of piperidine rings is 2. The highest BCUT2D eigenvalue weighted by Gasteiger charge is 2.44. The van der Waals surface area contributed by atoms with Crippen LogP contribution in [0, 0.1) is 0 Å². The van der Waals surface area contributed by atoms with Crippen LogP contribution in [0.2, 0.25) is 0 Å². The fraction of sp³-hybridized carbons (Fsp3) is 0.588. The second-order valence-corrected chi connectivity index (χ2v) is 7.10. The Labute approximate surface area is 131 Å². The topological polar surface area (TPSA) is 23.6 Å². The molecule has 1 aromatic rings. The van der Waals surface area contributed by atoms with Crippen LogP contribution >= 0.6 is 11.3 Å². The lowest BCUT2D eigenvalue weighted by Crippen LogP contribution is -2.62. The van der Waals surface area contributed by atoms with Gasteiger partial charge in [-0.25, -0.2) is 0 Å². The van der Waals surface area contributed by atoms with E-state index in [9.17, 15) is 4.79 Å². The standard InChI is InChI=1S/C17H24N2OS/c1-2-9-19-16(20)5-3-7-17(19)8-4-10-18(14-17)12-15-6-11-21-13-15/h2,6,11,13H,1,3-5,7-10,12,14H2. The normalized spacial score (nSPS) is 27.2. The maximum Gasteiger partial charge on any atom is 0.223 e. The van der Waals surface area contributed by atoms with E-state index in [1.165, 1.54) is 12.0 Å². The summed E-state index contributed by atoms with van der Waals surface area (Å²) >= 11 is 1.76. The Hall–Kier alpha value is -1.13. The summed E-state index contributed by atoms with van der Waals surface area (Å²) < 4.78 is 0. The lowest BCUT2D eigenvalue weighted by molar-refractivity contribution is -0.144. The zero-order valence-corrected chi connectivity index (χ0v) is 13.4. The number of rotatable bonds is 4. The Bertz CT molecular complexity index is 495. The van der Waals surface area contributed by atoms with Gasteiger partial charge < -0.3 is 4.90 Å². The van der Waals surface area contributed by atoms with E-state index in [-0.39, 0.29) is 5.54 Å². The van der Waals surface area contributed by atoms with Gasteiger partial charge in [0.2, 0.25) is 5.91 Å². The van der Waals surface area contributed by atoms with E-state index in [2.05, 4.69) is 33.2 Å². The first-order valence-electron chi connectivity index (χ1n) is 7.88. The first-order valence-corrected chi connectivity index (χ1v) is 8.83. The van der Waals surface area contributed by atoms with Crippen molar-refractivity contribution in [1.29, 1.82) is 0 Å². The van der Waals surface area contributed by atoms with Gasteiger partial charge in [0.15, 0.2) is 0 Å². The van der Waals surface area contributed by atoms with Gasteiger partial charge in [-0.15, -0.1) is 6.58 Å². The van der Waals surface area contributed by atoms with Gasteiger partial charge in [0, 0.05) is 26.1 Å². The predicted molar refractivity (Wildman–Crippen MR) is 87.3 cm³/mol. The summed E-state index contributed by atoms with van der Waals surface area (Å²) in [5, 5.41) is 4.37. The Morgan fingerprint density at radius 2 is 2.24 bits per heavy atom. The molecule has 2 aliphatic heterocycles. The van der Waals surface area contributed by atoms with Crippen molar-refractivity contribution in [2.45, 2.75) is 44.2 Å². The largest absolute Gasteiger partial charge is 0.332 e. The van der Waals surface area contributed by atoms with Gasteiger partial charge >= 0.3 is 0 Å². The Balaban J connectivity index is 1.75. The van der Waals surface area contributed by atoms with Crippen LogP contribution in [0.4, 0.5) is 0 Å². The first-order chi connectivity index (χ1) is 10.2. The number of likely N-dealkylation sites (tertiary alicyclic amines) is 2. The van der Waals surface area contributed by atoms with Gasteiger partial charge in [-0.2, -0.15) is 11.3 Å². The van der Waals surface area contributed by atoms with E-state index < -0.39 is 0 Å². The highest BCUT2D eigenvalue weighted by molar-refractivity contribution is 7.07. The molecule has 0 aromatic carbocycles. The molecule has 1 atom stereocenters. The Morgan fingerprint density at radius 3 is 3.00 bits per heavy atom. The highest BCUT2D eigenvalue weighted by atomic mass is 32.1. The van der Waals surface area contributed by atoms with Crippen molar-refractivity contribution in [1.82, 2.24) is 9.80 Å². The summed E-state index contributed by atoms with van der Waals surface area (Å²) in [6.07, 6.45) is 7.10. The predicted octanol–water partition coefficient (Wildman–Crippen LogP) is 3.28. The van der Waals surface area contributed by atoms with Crippen molar-refractivity contribution < 1.29 is 4.79 Å². The molecule has 3 rings (SSSR count). The molecule has 1 unspecified atom stereocenters. The van der Waals surface area contributed by atoms with Crippen LogP contribution < -0.4 is 0 Å². The molecule has 3 nitrogen and oxygen atoms in total. The SMILES string of the molecule is C=CCN1C(=O)CCCC12CCCN(Cc1ccsc1)C2. The zero-order valence-electron chi connectivity index (χ0n) is 12.6. The maximum atomic E-state index is 12.3. The Morgan fingerprint density at radius 1 is 1.38 bits per heavy atom. The van der Waals surface area contributed by atoms with Crippen LogP contribution in [0.25, 0.3) is 0 Å². The molecule has 2 fully saturated rings. The quantitative estimate of drug-likeness (QED) is 0.797. The van der Waals surface area contributed by atoms with Crippen LogP contribution in [0.15, 0.2) is 29.5 Å². The monoisotopic (exact) mass is 304 g/mol. The van der Waals surface area contributed by atoms with E-state index in [0.717, 1.165) is 38.9 Å². The molecule has 1 amide bonds. The van der Waals surface area contributed by atoms with Crippen LogP contribution in [-0.2, 0) is 11.3 Å². The van der Waals surface area contributed by atoms with Gasteiger partial charge in [0.05, 0.1) is 5.54 Å². The summed E-state index contributed by atoms with van der Waals surface area (Å²) in [6.45, 7) is 7.72. The van der Waals surface area contributed by atoms with E-state index in [4.69, 9.17) is 0 Å². The molecular formula is C17H24N2OS. The van der Waals surface area contributed by atoms with Crippen LogP contribution in [0.1, 0.15) is 37.7 Å². The number of nitrogens with zero attached hydrogens (tertiary/aromatic N) is 2. The minimum atomic E-state index is 0.0534. The molecule has 0 radical (unpaired) electrons. The van der Waals surface area contributed by atoms with Crippen molar-refractivity contribution in [3.05, 3.63) is 35.0 Å². The number of carbonyl (C=O) groups is 1. The lowest BCUT2D eigenvalue weighted by atomic mass is 9.79. The average Bonchev–Trinajstić information content (AvgIpc) is 2.96. The molecular weight excluding hydrogens is 280 g/mol. The van der Waals surface area contributed by atoms with Crippen molar-refractivity contribution in [2.75, 3.05) is 19.6 Å². The third-order valence-electron chi connectivity index (χ3n) is 4.84. The summed E-state index contributed by atoms with van der Waals surface area (Å²) in [6, 6.07) is 2.21. The van der Waals surface area contributed by atoms with Crippen molar-refractivity contribution in [3.63, 3.8) is 0 Å². The fourth-order valence-electron chi connectivity index (χ4n) is 3.93. The molecule has 2 saturated heterocycles. The third kappa shape index (κ3) is 3.06. The highest BCUT2D eigenvalue weighted by Crippen LogP contribution is 2.37. The summed E-state index contributed by atoms with van der Waals surface area (Å²) in [5.74, 6) is 0.318. The van der Waals surface area contributed by atoms with Crippen molar-refractivity contribution in [2.24, 2.45) is 0 Å². The van der Waals surface area contributed by atoms with Gasteiger partial charge in [-0.05, 0) is 54.6 Å². The van der Waals surface area contributed by atoms with E-state index in [0.29, 0.717) is 18.9 Å². The maximum absolute atomic E-state index is 12.3. The molecule has 1 spiro atoms. The van der Waals surface area contributed by atoms with Gasteiger partial charge in [0.25, 0.3) is 0 Å². The number of amides is 1. The third-order valence-corrected chi connectivity index (χ3v) is 5.57. The van der Waals surface area contributed by atoms with E-state index >= 15 is 0 Å². The first kappa shape index (κ1) is 14.8. The van der Waals surface area contributed by atoms with Crippen LogP contribution in [-0.4, -0.2) is 40.9 Å². The van der Waals surface area contributed by atoms with Crippen molar-refractivity contribution >= 4 is 17.2 Å². The van der Waals surface area contributed by atoms with Crippen LogP contribution in [0.5, 0.6) is 0 Å². The number of carbonyl (C=O) groups excluding carboxylic acids is 1. The summed E-state index contributed by atoms with van der Waals surface area (Å²) in [4.78, 5) is 17.0. The molecule has 2 aliphatic rings. The Kier molecular flexibility index (Phi) is 4.45. The molecule has 1 aromatic heterocycles. The second-order valence-electron chi connectivity index (χ2n) is 6.32. The minimum absolute atomic E-state index is 0.0534. The summed E-state index contributed by atoms with van der Waals surface area (Å²) in [7, 11) is 0. The molecule has 114 valence electrons. The van der Waals surface area contributed by atoms with Crippen molar-refractivity contribution in [3.8, 4) is 0 Å². The van der Waals surface area contributed by atoms with Gasteiger partial charge in [0.1, 0.15) is 0 Å².